The van der Waals surface area contributed by atoms with Crippen molar-refractivity contribution in [3.63, 3.8) is 0 Å². The highest BCUT2D eigenvalue weighted by Gasteiger charge is 2.27. The lowest BCUT2D eigenvalue weighted by Crippen LogP contribution is -2.50. The van der Waals surface area contributed by atoms with Crippen molar-refractivity contribution in [2.75, 3.05) is 37.6 Å². The Morgan fingerprint density at radius 1 is 1.06 bits per heavy atom. The number of hydrogen-bond donors (Lipinski definition) is 1. The van der Waals surface area contributed by atoms with E-state index in [1.165, 1.54) is 12.1 Å². The number of carbonyl (C=O) groups excluding carboxylic acids is 1. The molecule has 1 fully saturated rings. The van der Waals surface area contributed by atoms with E-state index in [2.05, 4.69) is 15.1 Å². The lowest BCUT2D eigenvalue weighted by molar-refractivity contribution is -0.120. The van der Waals surface area contributed by atoms with E-state index in [0.717, 1.165) is 48.8 Å². The Bertz CT molecular complexity index is 980. The molecule has 162 valence electrons. The number of nitrogens with zero attached hydrogens (tertiary/aromatic N) is 2. The summed E-state index contributed by atoms with van der Waals surface area (Å²) in [5, 5.41) is 3.09. The van der Waals surface area contributed by atoms with Gasteiger partial charge in [0, 0.05) is 38.4 Å². The van der Waals surface area contributed by atoms with Crippen LogP contribution in [0.25, 0.3) is 0 Å². The van der Waals surface area contributed by atoms with Gasteiger partial charge in [-0.3, -0.25) is 9.69 Å². The van der Waals surface area contributed by atoms with Crippen molar-refractivity contribution in [3.8, 4) is 0 Å². The number of furan rings is 1. The molecule has 2 aromatic carbocycles. The standard InChI is InChI=1S/C25H28FN3O2/c1-19-4-2-5-20(16-19)17-25(30)27-18-23(24-6-3-15-31-24)29-13-11-28(12-14-29)22-9-7-21(26)8-10-22/h2-10,15-16,23H,11-14,17-18H2,1H3,(H,27,30). The van der Waals surface area contributed by atoms with Crippen LogP contribution in [0, 0.1) is 12.7 Å². The first-order chi connectivity index (χ1) is 15.1. The van der Waals surface area contributed by atoms with Gasteiger partial charge in [-0.05, 0) is 48.9 Å². The molecule has 31 heavy (non-hydrogen) atoms. The first-order valence-electron chi connectivity index (χ1n) is 10.7. The number of halogens is 1. The molecule has 1 unspecified atom stereocenters. The van der Waals surface area contributed by atoms with E-state index < -0.39 is 0 Å². The summed E-state index contributed by atoms with van der Waals surface area (Å²) in [6.07, 6.45) is 2.04. The number of carbonyl (C=O) groups is 1. The zero-order valence-corrected chi connectivity index (χ0v) is 17.8. The van der Waals surface area contributed by atoms with Crippen LogP contribution in [-0.2, 0) is 11.2 Å². The van der Waals surface area contributed by atoms with Gasteiger partial charge in [-0.1, -0.05) is 29.8 Å². The molecule has 0 aliphatic carbocycles. The maximum Gasteiger partial charge on any atom is 0.224 e. The smallest absolute Gasteiger partial charge is 0.224 e. The SMILES string of the molecule is Cc1cccc(CC(=O)NCC(c2ccco2)N2CCN(c3ccc(F)cc3)CC2)c1. The number of anilines is 1. The molecule has 5 nitrogen and oxygen atoms in total. The molecular weight excluding hydrogens is 393 g/mol. The van der Waals surface area contributed by atoms with Crippen LogP contribution in [0.2, 0.25) is 0 Å². The normalized spacial score (nSPS) is 15.6. The second-order valence-electron chi connectivity index (χ2n) is 8.00. The predicted octanol–water partition coefficient (Wildman–Crippen LogP) is 3.95. The Labute approximate surface area is 182 Å². The molecular formula is C25H28FN3O2. The van der Waals surface area contributed by atoms with Gasteiger partial charge in [0.2, 0.25) is 5.91 Å². The van der Waals surface area contributed by atoms with Crippen molar-refractivity contribution < 1.29 is 13.6 Å². The number of piperazine rings is 1. The Hall–Kier alpha value is -3.12. The van der Waals surface area contributed by atoms with Gasteiger partial charge in [-0.2, -0.15) is 0 Å². The second-order valence-corrected chi connectivity index (χ2v) is 8.00. The summed E-state index contributed by atoms with van der Waals surface area (Å²) in [7, 11) is 0. The highest BCUT2D eigenvalue weighted by atomic mass is 19.1. The van der Waals surface area contributed by atoms with Gasteiger partial charge in [0.25, 0.3) is 0 Å². The monoisotopic (exact) mass is 421 g/mol. The summed E-state index contributed by atoms with van der Waals surface area (Å²) in [4.78, 5) is 17.1. The number of nitrogens with one attached hydrogen (secondary N) is 1. The molecule has 0 saturated carbocycles. The lowest BCUT2D eigenvalue weighted by atomic mass is 10.1. The molecule has 1 aromatic heterocycles. The molecule has 6 heteroatoms. The van der Waals surface area contributed by atoms with Crippen LogP contribution in [-0.4, -0.2) is 43.5 Å². The van der Waals surface area contributed by atoms with Crippen molar-refractivity contribution in [1.82, 2.24) is 10.2 Å². The van der Waals surface area contributed by atoms with Crippen LogP contribution in [0.15, 0.2) is 71.3 Å². The van der Waals surface area contributed by atoms with Crippen LogP contribution in [0.5, 0.6) is 0 Å². The Morgan fingerprint density at radius 3 is 2.52 bits per heavy atom. The number of amides is 1. The van der Waals surface area contributed by atoms with E-state index in [1.807, 2.05) is 55.5 Å². The van der Waals surface area contributed by atoms with Gasteiger partial charge >= 0.3 is 0 Å². The van der Waals surface area contributed by atoms with Gasteiger partial charge < -0.3 is 14.6 Å². The van der Waals surface area contributed by atoms with Crippen molar-refractivity contribution in [3.05, 3.63) is 89.6 Å². The number of aryl methyl sites for hydroxylation is 1. The summed E-state index contributed by atoms with van der Waals surface area (Å²) in [5.41, 5.74) is 3.19. The van der Waals surface area contributed by atoms with E-state index in [0.29, 0.717) is 13.0 Å². The molecule has 3 aromatic rings. The third-order valence-electron chi connectivity index (χ3n) is 5.76. The van der Waals surface area contributed by atoms with E-state index in [4.69, 9.17) is 4.42 Å². The fraction of sp³-hybridized carbons (Fsp3) is 0.320. The minimum absolute atomic E-state index is 0.00658. The Kier molecular flexibility index (Phi) is 6.67. The molecule has 2 heterocycles. The average molecular weight is 422 g/mol. The van der Waals surface area contributed by atoms with Crippen molar-refractivity contribution in [2.45, 2.75) is 19.4 Å². The van der Waals surface area contributed by atoms with Crippen LogP contribution < -0.4 is 10.2 Å². The average Bonchev–Trinajstić information content (AvgIpc) is 3.30. The summed E-state index contributed by atoms with van der Waals surface area (Å²) in [6, 6.07) is 18.5. The van der Waals surface area contributed by atoms with E-state index in [1.54, 1.807) is 6.26 Å². The third kappa shape index (κ3) is 5.52. The van der Waals surface area contributed by atoms with Crippen LogP contribution in [0.3, 0.4) is 0 Å². The van der Waals surface area contributed by atoms with Crippen molar-refractivity contribution in [1.29, 1.82) is 0 Å². The quantitative estimate of drug-likeness (QED) is 0.628. The van der Waals surface area contributed by atoms with E-state index >= 15 is 0 Å². The van der Waals surface area contributed by atoms with Gasteiger partial charge in [-0.25, -0.2) is 4.39 Å². The number of rotatable bonds is 7. The van der Waals surface area contributed by atoms with Crippen LogP contribution in [0.1, 0.15) is 22.9 Å². The maximum absolute atomic E-state index is 13.2. The first kappa shape index (κ1) is 21.1. The minimum Gasteiger partial charge on any atom is -0.468 e. The fourth-order valence-corrected chi connectivity index (χ4v) is 4.11. The minimum atomic E-state index is -0.221. The van der Waals surface area contributed by atoms with E-state index in [9.17, 15) is 9.18 Å². The second kappa shape index (κ2) is 9.79. The molecule has 4 rings (SSSR count). The summed E-state index contributed by atoms with van der Waals surface area (Å²) in [6.45, 7) is 5.85. The van der Waals surface area contributed by atoms with Crippen molar-refractivity contribution in [2.24, 2.45) is 0 Å². The van der Waals surface area contributed by atoms with Crippen LogP contribution >= 0.6 is 0 Å². The van der Waals surface area contributed by atoms with Gasteiger partial charge in [0.05, 0.1) is 18.7 Å². The highest BCUT2D eigenvalue weighted by molar-refractivity contribution is 5.78. The summed E-state index contributed by atoms with van der Waals surface area (Å²) < 4.78 is 18.9. The molecule has 0 radical (unpaired) electrons. The van der Waals surface area contributed by atoms with E-state index in [-0.39, 0.29) is 17.8 Å². The molecule has 1 amide bonds. The predicted molar refractivity (Wildman–Crippen MR) is 120 cm³/mol. The molecule has 1 aliphatic heterocycles. The maximum atomic E-state index is 13.2. The third-order valence-corrected chi connectivity index (χ3v) is 5.76. The fourth-order valence-electron chi connectivity index (χ4n) is 4.11. The molecule has 1 atom stereocenters. The summed E-state index contributed by atoms with van der Waals surface area (Å²) in [5.74, 6) is 0.639. The van der Waals surface area contributed by atoms with Gasteiger partial charge in [0.15, 0.2) is 0 Å². The molecule has 1 N–H and O–H groups in total. The van der Waals surface area contributed by atoms with Gasteiger partial charge in [-0.15, -0.1) is 0 Å². The Balaban J connectivity index is 1.36. The largest absolute Gasteiger partial charge is 0.468 e. The topological polar surface area (TPSA) is 48.7 Å². The molecule has 0 bridgehead atoms. The number of hydrogen-bond acceptors (Lipinski definition) is 4. The first-order valence-corrected chi connectivity index (χ1v) is 10.7. The van der Waals surface area contributed by atoms with Crippen LogP contribution in [0.4, 0.5) is 10.1 Å². The van der Waals surface area contributed by atoms with Gasteiger partial charge in [0.1, 0.15) is 11.6 Å². The molecule has 0 spiro atoms. The lowest BCUT2D eigenvalue weighted by Gasteiger charge is -2.39. The zero-order valence-electron chi connectivity index (χ0n) is 17.8. The number of benzene rings is 2. The summed E-state index contributed by atoms with van der Waals surface area (Å²) >= 11 is 0. The zero-order chi connectivity index (χ0) is 21.6. The highest BCUT2D eigenvalue weighted by Crippen LogP contribution is 2.24. The molecule has 1 saturated heterocycles. The molecule has 1 aliphatic rings. The van der Waals surface area contributed by atoms with Crippen molar-refractivity contribution >= 4 is 11.6 Å². The Morgan fingerprint density at radius 2 is 1.84 bits per heavy atom.